The molecule has 2 aromatic rings. The van der Waals surface area contributed by atoms with Gasteiger partial charge in [0.2, 0.25) is 0 Å². The Morgan fingerprint density at radius 2 is 2.40 bits per heavy atom. The van der Waals surface area contributed by atoms with Crippen LogP contribution in [0.3, 0.4) is 0 Å². The summed E-state index contributed by atoms with van der Waals surface area (Å²) in [6, 6.07) is 5.51. The molecule has 0 saturated carbocycles. The molecule has 0 aliphatic heterocycles. The minimum atomic E-state index is 0.713. The van der Waals surface area contributed by atoms with E-state index >= 15 is 0 Å². The maximum absolute atomic E-state index is 5.71. The first-order valence-corrected chi connectivity index (χ1v) is 3.25. The fraction of sp³-hybridized carbons (Fsp3) is 0. The minimum Gasteiger partial charge on any atom is -0.277 e. The Morgan fingerprint density at radius 1 is 1.50 bits per heavy atom. The number of aromatic nitrogens is 2. The van der Waals surface area contributed by atoms with Gasteiger partial charge in [0.05, 0.1) is 5.52 Å². The number of nitrogens with one attached hydrogen (secondary N) is 1. The summed E-state index contributed by atoms with van der Waals surface area (Å²) in [6.07, 6.45) is 2.78. The standard InChI is InChI=1S/C7H4ClN2/c8-6-2-1-5-4-9-10-7(5)3-6/h1-3H,(H,9,10). The van der Waals surface area contributed by atoms with Crippen LogP contribution in [0.25, 0.3) is 10.9 Å². The highest BCUT2D eigenvalue weighted by atomic mass is 35.5. The molecule has 0 spiro atoms. The summed E-state index contributed by atoms with van der Waals surface area (Å²) >= 11 is 5.71. The van der Waals surface area contributed by atoms with E-state index in [0.29, 0.717) is 5.02 Å². The predicted molar refractivity (Wildman–Crippen MR) is 39.9 cm³/mol. The molecule has 1 aromatic carbocycles. The summed E-state index contributed by atoms with van der Waals surface area (Å²) in [5.41, 5.74) is 0.924. The topological polar surface area (TPSA) is 28.7 Å². The van der Waals surface area contributed by atoms with Crippen LogP contribution in [0.5, 0.6) is 0 Å². The number of nitrogens with zero attached hydrogens (tertiary/aromatic N) is 1. The van der Waals surface area contributed by atoms with E-state index in [0.717, 1.165) is 10.9 Å². The van der Waals surface area contributed by atoms with Crippen LogP contribution < -0.4 is 0 Å². The van der Waals surface area contributed by atoms with Crippen molar-refractivity contribution >= 4 is 22.5 Å². The Morgan fingerprint density at radius 3 is 3.30 bits per heavy atom. The molecule has 1 radical (unpaired) electrons. The van der Waals surface area contributed by atoms with Crippen LogP contribution in [0.1, 0.15) is 0 Å². The Labute approximate surface area is 62.8 Å². The van der Waals surface area contributed by atoms with Crippen molar-refractivity contribution in [2.45, 2.75) is 0 Å². The quantitative estimate of drug-likeness (QED) is 0.613. The average molecular weight is 152 g/mol. The molecule has 0 aliphatic rings. The summed E-state index contributed by atoms with van der Waals surface area (Å²) in [7, 11) is 0. The fourth-order valence-corrected chi connectivity index (χ4v) is 1.03. The second kappa shape index (κ2) is 1.99. The molecule has 0 atom stereocenters. The fourth-order valence-electron chi connectivity index (χ4n) is 0.855. The maximum atomic E-state index is 5.71. The van der Waals surface area contributed by atoms with E-state index in [4.69, 9.17) is 11.6 Å². The van der Waals surface area contributed by atoms with Gasteiger partial charge in [-0.3, -0.25) is 5.10 Å². The molecule has 49 valence electrons. The molecule has 0 amide bonds. The molecule has 1 heterocycles. The molecular formula is C7H4ClN2. The number of fused-ring (bicyclic) bond motifs is 1. The molecule has 1 aromatic heterocycles. The zero-order valence-corrected chi connectivity index (χ0v) is 5.81. The van der Waals surface area contributed by atoms with Crippen LogP contribution >= 0.6 is 11.6 Å². The summed E-state index contributed by atoms with van der Waals surface area (Å²) in [6.45, 7) is 0. The highest BCUT2D eigenvalue weighted by molar-refractivity contribution is 6.31. The van der Waals surface area contributed by atoms with Crippen LogP contribution in [0.4, 0.5) is 0 Å². The van der Waals surface area contributed by atoms with Crippen LogP contribution in [0, 0.1) is 6.20 Å². The van der Waals surface area contributed by atoms with E-state index in [1.165, 1.54) is 0 Å². The summed E-state index contributed by atoms with van der Waals surface area (Å²) < 4.78 is 0. The van der Waals surface area contributed by atoms with Crippen molar-refractivity contribution in [1.29, 1.82) is 0 Å². The van der Waals surface area contributed by atoms with Crippen molar-refractivity contribution in [3.8, 4) is 0 Å². The van der Waals surface area contributed by atoms with Crippen molar-refractivity contribution in [3.05, 3.63) is 29.4 Å². The number of hydrogen-bond acceptors (Lipinski definition) is 1. The third-order valence-corrected chi connectivity index (χ3v) is 1.57. The van der Waals surface area contributed by atoms with Gasteiger partial charge in [-0.2, -0.15) is 5.10 Å². The average Bonchev–Trinajstić information content (AvgIpc) is 2.33. The van der Waals surface area contributed by atoms with Gasteiger partial charge in [-0.15, -0.1) is 0 Å². The number of halogens is 1. The summed E-state index contributed by atoms with van der Waals surface area (Å²) in [5, 5.41) is 8.18. The Balaban J connectivity index is 2.86. The number of benzene rings is 1. The second-order valence-electron chi connectivity index (χ2n) is 2.03. The van der Waals surface area contributed by atoms with Gasteiger partial charge >= 0.3 is 0 Å². The minimum absolute atomic E-state index is 0.713. The van der Waals surface area contributed by atoms with Crippen LogP contribution in [-0.4, -0.2) is 10.2 Å². The van der Waals surface area contributed by atoms with Gasteiger partial charge in [-0.1, -0.05) is 11.6 Å². The molecule has 0 fully saturated rings. The Bertz CT molecular complexity index is 353. The molecule has 0 unspecified atom stereocenters. The zero-order valence-electron chi connectivity index (χ0n) is 5.06. The molecule has 3 heteroatoms. The van der Waals surface area contributed by atoms with Gasteiger partial charge in [0.25, 0.3) is 0 Å². The third kappa shape index (κ3) is 0.772. The molecule has 2 rings (SSSR count). The molecule has 1 N–H and O–H groups in total. The largest absolute Gasteiger partial charge is 0.277 e. The lowest BCUT2D eigenvalue weighted by Gasteiger charge is -1.87. The van der Waals surface area contributed by atoms with E-state index < -0.39 is 0 Å². The van der Waals surface area contributed by atoms with Crippen molar-refractivity contribution in [3.63, 3.8) is 0 Å². The molecule has 10 heavy (non-hydrogen) atoms. The van der Waals surface area contributed by atoms with Crippen molar-refractivity contribution in [2.75, 3.05) is 0 Å². The normalized spacial score (nSPS) is 10.5. The van der Waals surface area contributed by atoms with Crippen molar-refractivity contribution in [2.24, 2.45) is 0 Å². The molecular weight excluding hydrogens is 148 g/mol. The smallest absolute Gasteiger partial charge is 0.121 e. The summed E-state index contributed by atoms with van der Waals surface area (Å²) in [5.74, 6) is 0. The van der Waals surface area contributed by atoms with Crippen molar-refractivity contribution in [1.82, 2.24) is 10.2 Å². The van der Waals surface area contributed by atoms with E-state index in [2.05, 4.69) is 16.4 Å². The monoisotopic (exact) mass is 151 g/mol. The highest BCUT2D eigenvalue weighted by Crippen LogP contribution is 2.15. The van der Waals surface area contributed by atoms with E-state index in [9.17, 15) is 0 Å². The number of rotatable bonds is 0. The number of aromatic amines is 1. The van der Waals surface area contributed by atoms with Gasteiger partial charge in [0.1, 0.15) is 6.20 Å². The van der Waals surface area contributed by atoms with Crippen LogP contribution in [-0.2, 0) is 0 Å². The SMILES string of the molecule is Clc1ccc2[c]n[nH]c2c1. The summed E-state index contributed by atoms with van der Waals surface area (Å²) in [4.78, 5) is 0. The third-order valence-electron chi connectivity index (χ3n) is 1.33. The van der Waals surface area contributed by atoms with Gasteiger partial charge in [0.15, 0.2) is 0 Å². The molecule has 0 saturated heterocycles. The lowest BCUT2D eigenvalue weighted by molar-refractivity contribution is 1.11. The number of hydrogen-bond donors (Lipinski definition) is 1. The Kier molecular flexibility index (Phi) is 1.14. The predicted octanol–water partition coefficient (Wildman–Crippen LogP) is 2.02. The maximum Gasteiger partial charge on any atom is 0.121 e. The molecule has 0 aliphatic carbocycles. The van der Waals surface area contributed by atoms with Crippen LogP contribution in [0.2, 0.25) is 5.02 Å². The van der Waals surface area contributed by atoms with E-state index in [1.54, 1.807) is 0 Å². The first-order valence-electron chi connectivity index (χ1n) is 2.87. The van der Waals surface area contributed by atoms with Crippen molar-refractivity contribution < 1.29 is 0 Å². The van der Waals surface area contributed by atoms with E-state index in [-0.39, 0.29) is 0 Å². The lowest BCUT2D eigenvalue weighted by Crippen LogP contribution is -1.66. The van der Waals surface area contributed by atoms with Gasteiger partial charge in [-0.05, 0) is 18.2 Å². The van der Waals surface area contributed by atoms with E-state index in [1.807, 2.05) is 18.2 Å². The zero-order chi connectivity index (χ0) is 6.97. The molecule has 0 bridgehead atoms. The first-order chi connectivity index (χ1) is 4.86. The first kappa shape index (κ1) is 5.74. The highest BCUT2D eigenvalue weighted by Gasteiger charge is 1.94. The second-order valence-corrected chi connectivity index (χ2v) is 2.46. The van der Waals surface area contributed by atoms with Gasteiger partial charge < -0.3 is 0 Å². The van der Waals surface area contributed by atoms with Gasteiger partial charge in [0, 0.05) is 10.4 Å². The number of H-pyrrole nitrogens is 1. The Hall–Kier alpha value is -1.02. The van der Waals surface area contributed by atoms with Gasteiger partial charge in [-0.25, -0.2) is 0 Å². The molecule has 2 nitrogen and oxygen atoms in total. The van der Waals surface area contributed by atoms with Crippen LogP contribution in [0.15, 0.2) is 18.2 Å². The lowest BCUT2D eigenvalue weighted by atomic mass is 10.3.